The van der Waals surface area contributed by atoms with Gasteiger partial charge in [-0.05, 0) is 26.0 Å². The number of rotatable bonds is 3. The van der Waals surface area contributed by atoms with Crippen molar-refractivity contribution in [3.63, 3.8) is 0 Å². The van der Waals surface area contributed by atoms with Crippen molar-refractivity contribution in [2.45, 2.75) is 18.9 Å². The number of hydrogen-bond acceptors (Lipinski definition) is 4. The van der Waals surface area contributed by atoms with Crippen molar-refractivity contribution in [1.29, 1.82) is 0 Å². The molecule has 0 aromatic carbocycles. The Hall–Kier alpha value is -0.870. The van der Waals surface area contributed by atoms with Crippen LogP contribution >= 0.6 is 11.6 Å². The summed E-state index contributed by atoms with van der Waals surface area (Å²) in [6, 6.07) is 3.39. The minimum atomic E-state index is 0.0985. The Labute approximate surface area is 87.6 Å². The van der Waals surface area contributed by atoms with Gasteiger partial charge >= 0.3 is 0 Å². The third-order valence-corrected chi connectivity index (χ3v) is 2.58. The SMILES string of the molecule is C[C@@]1(COc2ccc(Cl)nn2)CCN1. The minimum Gasteiger partial charge on any atom is -0.475 e. The third kappa shape index (κ3) is 2.13. The van der Waals surface area contributed by atoms with Gasteiger partial charge in [0.25, 0.3) is 0 Å². The standard InChI is InChI=1S/C9H12ClN3O/c1-9(4-5-11-9)6-14-8-3-2-7(10)12-13-8/h2-3,11H,4-6H2,1H3/t9-/m0/s1. The van der Waals surface area contributed by atoms with E-state index in [4.69, 9.17) is 16.3 Å². The number of nitrogens with one attached hydrogen (secondary N) is 1. The van der Waals surface area contributed by atoms with Gasteiger partial charge in [-0.2, -0.15) is 0 Å². The van der Waals surface area contributed by atoms with Gasteiger partial charge in [0.2, 0.25) is 5.88 Å². The van der Waals surface area contributed by atoms with Crippen LogP contribution < -0.4 is 10.1 Å². The van der Waals surface area contributed by atoms with Crippen LogP contribution in [0, 0.1) is 0 Å². The zero-order valence-electron chi connectivity index (χ0n) is 7.96. The summed E-state index contributed by atoms with van der Waals surface area (Å²) in [4.78, 5) is 0. The van der Waals surface area contributed by atoms with E-state index in [0.29, 0.717) is 17.6 Å². The van der Waals surface area contributed by atoms with Crippen LogP contribution in [0.5, 0.6) is 5.88 Å². The summed E-state index contributed by atoms with van der Waals surface area (Å²) in [5.74, 6) is 0.518. The molecular weight excluding hydrogens is 202 g/mol. The average molecular weight is 214 g/mol. The summed E-state index contributed by atoms with van der Waals surface area (Å²) in [6.45, 7) is 3.80. The van der Waals surface area contributed by atoms with E-state index in [1.807, 2.05) is 0 Å². The van der Waals surface area contributed by atoms with E-state index in [1.165, 1.54) is 0 Å². The van der Waals surface area contributed by atoms with Crippen molar-refractivity contribution in [3.8, 4) is 5.88 Å². The van der Waals surface area contributed by atoms with Crippen LogP contribution in [0.1, 0.15) is 13.3 Å². The molecule has 0 saturated carbocycles. The molecule has 1 N–H and O–H groups in total. The summed E-state index contributed by atoms with van der Waals surface area (Å²) in [5, 5.41) is 11.2. The Bertz CT molecular complexity index is 310. The van der Waals surface area contributed by atoms with Crippen LogP contribution in [0.3, 0.4) is 0 Å². The lowest BCUT2D eigenvalue weighted by Gasteiger charge is -2.39. The van der Waals surface area contributed by atoms with Gasteiger partial charge < -0.3 is 10.1 Å². The Kier molecular flexibility index (Phi) is 2.56. The van der Waals surface area contributed by atoms with Crippen LogP contribution in [0.4, 0.5) is 0 Å². The van der Waals surface area contributed by atoms with Crippen LogP contribution in [0.15, 0.2) is 12.1 Å². The largest absolute Gasteiger partial charge is 0.475 e. The monoisotopic (exact) mass is 213 g/mol. The molecule has 14 heavy (non-hydrogen) atoms. The fraction of sp³-hybridized carbons (Fsp3) is 0.556. The first kappa shape index (κ1) is 9.68. The van der Waals surface area contributed by atoms with E-state index in [2.05, 4.69) is 22.4 Å². The lowest BCUT2D eigenvalue weighted by molar-refractivity contribution is 0.128. The van der Waals surface area contributed by atoms with E-state index >= 15 is 0 Å². The van der Waals surface area contributed by atoms with Gasteiger partial charge in [-0.3, -0.25) is 0 Å². The molecule has 4 nitrogen and oxygen atoms in total. The highest BCUT2D eigenvalue weighted by Gasteiger charge is 2.31. The average Bonchev–Trinajstić information content (AvgIpc) is 2.14. The molecule has 1 aliphatic rings. The first-order chi connectivity index (χ1) is 6.68. The van der Waals surface area contributed by atoms with E-state index < -0.39 is 0 Å². The lowest BCUT2D eigenvalue weighted by Crippen LogP contribution is -2.58. The number of aromatic nitrogens is 2. The summed E-state index contributed by atoms with van der Waals surface area (Å²) in [6.07, 6.45) is 1.13. The smallest absolute Gasteiger partial charge is 0.233 e. The van der Waals surface area contributed by atoms with Crippen molar-refractivity contribution < 1.29 is 4.74 Å². The summed E-state index contributed by atoms with van der Waals surface area (Å²) in [7, 11) is 0. The fourth-order valence-electron chi connectivity index (χ4n) is 1.29. The number of ether oxygens (including phenoxy) is 1. The maximum absolute atomic E-state index is 5.60. The molecule has 0 amide bonds. The molecule has 0 aliphatic carbocycles. The highest BCUT2D eigenvalue weighted by molar-refractivity contribution is 6.29. The van der Waals surface area contributed by atoms with Gasteiger partial charge in [-0.15, -0.1) is 10.2 Å². The maximum Gasteiger partial charge on any atom is 0.233 e. The van der Waals surface area contributed by atoms with Crippen LogP contribution in [-0.4, -0.2) is 28.9 Å². The Morgan fingerprint density at radius 1 is 1.57 bits per heavy atom. The normalized spacial score (nSPS) is 25.6. The van der Waals surface area contributed by atoms with E-state index in [1.54, 1.807) is 12.1 Å². The van der Waals surface area contributed by atoms with Crippen molar-refractivity contribution in [2.75, 3.05) is 13.2 Å². The molecule has 0 spiro atoms. The molecule has 76 valence electrons. The minimum absolute atomic E-state index is 0.0985. The summed E-state index contributed by atoms with van der Waals surface area (Å²) in [5.41, 5.74) is 0.0985. The number of nitrogens with zero attached hydrogens (tertiary/aromatic N) is 2. The molecule has 1 saturated heterocycles. The first-order valence-corrected chi connectivity index (χ1v) is 4.93. The Morgan fingerprint density at radius 2 is 2.36 bits per heavy atom. The van der Waals surface area contributed by atoms with Crippen LogP contribution in [0.25, 0.3) is 0 Å². The Morgan fingerprint density at radius 3 is 2.86 bits per heavy atom. The predicted octanol–water partition coefficient (Wildman–Crippen LogP) is 1.26. The van der Waals surface area contributed by atoms with Crippen molar-refractivity contribution in [3.05, 3.63) is 17.3 Å². The number of hydrogen-bond donors (Lipinski definition) is 1. The molecule has 1 fully saturated rings. The molecule has 1 aromatic heterocycles. The first-order valence-electron chi connectivity index (χ1n) is 4.55. The molecule has 0 bridgehead atoms. The highest BCUT2D eigenvalue weighted by atomic mass is 35.5. The second kappa shape index (κ2) is 3.71. The second-order valence-corrected chi connectivity index (χ2v) is 4.11. The van der Waals surface area contributed by atoms with Gasteiger partial charge in [0.1, 0.15) is 6.61 Å². The van der Waals surface area contributed by atoms with Gasteiger partial charge in [0.15, 0.2) is 5.15 Å². The van der Waals surface area contributed by atoms with Crippen LogP contribution in [-0.2, 0) is 0 Å². The molecule has 1 aromatic rings. The highest BCUT2D eigenvalue weighted by Crippen LogP contribution is 2.19. The quantitative estimate of drug-likeness (QED) is 0.821. The molecule has 5 heteroatoms. The molecule has 2 rings (SSSR count). The van der Waals surface area contributed by atoms with E-state index in [0.717, 1.165) is 13.0 Å². The maximum atomic E-state index is 5.60. The van der Waals surface area contributed by atoms with Gasteiger partial charge in [0.05, 0.1) is 5.54 Å². The molecular formula is C9H12ClN3O. The van der Waals surface area contributed by atoms with Crippen LogP contribution in [0.2, 0.25) is 5.15 Å². The summed E-state index contributed by atoms with van der Waals surface area (Å²) < 4.78 is 5.47. The topological polar surface area (TPSA) is 47.0 Å². The molecule has 2 heterocycles. The van der Waals surface area contributed by atoms with Crippen molar-refractivity contribution >= 4 is 11.6 Å². The van der Waals surface area contributed by atoms with E-state index in [-0.39, 0.29) is 5.54 Å². The summed E-state index contributed by atoms with van der Waals surface area (Å²) >= 11 is 5.60. The zero-order valence-corrected chi connectivity index (χ0v) is 8.71. The Balaban J connectivity index is 1.88. The van der Waals surface area contributed by atoms with E-state index in [9.17, 15) is 0 Å². The molecule has 1 aliphatic heterocycles. The van der Waals surface area contributed by atoms with Gasteiger partial charge in [-0.25, -0.2) is 0 Å². The van der Waals surface area contributed by atoms with Crippen molar-refractivity contribution in [2.24, 2.45) is 0 Å². The van der Waals surface area contributed by atoms with Gasteiger partial charge in [0, 0.05) is 6.07 Å². The molecule has 0 unspecified atom stereocenters. The van der Waals surface area contributed by atoms with Gasteiger partial charge in [-0.1, -0.05) is 11.6 Å². The third-order valence-electron chi connectivity index (χ3n) is 2.37. The van der Waals surface area contributed by atoms with Crippen molar-refractivity contribution in [1.82, 2.24) is 15.5 Å². The fourth-order valence-corrected chi connectivity index (χ4v) is 1.39. The zero-order chi connectivity index (χ0) is 10.0. The molecule has 0 radical (unpaired) electrons. The lowest BCUT2D eigenvalue weighted by atomic mass is 9.91. The second-order valence-electron chi connectivity index (χ2n) is 3.72. The molecule has 1 atom stereocenters. The predicted molar refractivity (Wildman–Crippen MR) is 53.6 cm³/mol. The number of halogens is 1.